The van der Waals surface area contributed by atoms with Gasteiger partial charge in [0.05, 0.1) is 5.60 Å². The summed E-state index contributed by atoms with van der Waals surface area (Å²) in [6.07, 6.45) is 0.913. The minimum Gasteiger partial charge on any atom is -0.390 e. The van der Waals surface area contributed by atoms with E-state index in [1.165, 1.54) is 5.56 Å². The predicted molar refractivity (Wildman–Crippen MR) is 63.3 cm³/mol. The summed E-state index contributed by atoms with van der Waals surface area (Å²) in [6, 6.07) is 8.25. The first-order valence-electron chi connectivity index (χ1n) is 4.86. The maximum Gasteiger partial charge on any atom is 0.0620 e. The van der Waals surface area contributed by atoms with E-state index in [1.54, 1.807) is 0 Å². The van der Waals surface area contributed by atoms with Crippen LogP contribution in [-0.2, 0) is 6.42 Å². The van der Waals surface area contributed by atoms with Crippen molar-refractivity contribution in [3.05, 3.63) is 34.3 Å². The summed E-state index contributed by atoms with van der Waals surface area (Å²) in [4.78, 5) is 0. The standard InChI is InChI=1S/C12H17BrO/c1-9(12(2,3)14)8-10-4-6-11(13)7-5-10/h4-7,9,14H,8H2,1-3H3. The van der Waals surface area contributed by atoms with Crippen LogP contribution in [0.4, 0.5) is 0 Å². The molecule has 1 nitrogen and oxygen atoms in total. The first-order valence-corrected chi connectivity index (χ1v) is 5.65. The van der Waals surface area contributed by atoms with E-state index in [4.69, 9.17) is 0 Å². The smallest absolute Gasteiger partial charge is 0.0620 e. The van der Waals surface area contributed by atoms with E-state index in [0.717, 1.165) is 10.9 Å². The molecule has 0 spiro atoms. The molecule has 0 fully saturated rings. The lowest BCUT2D eigenvalue weighted by atomic mass is 9.87. The average molecular weight is 257 g/mol. The van der Waals surface area contributed by atoms with Crippen LogP contribution in [0.5, 0.6) is 0 Å². The molecule has 0 amide bonds. The minimum atomic E-state index is -0.604. The molecule has 1 N–H and O–H groups in total. The zero-order valence-corrected chi connectivity index (χ0v) is 10.5. The van der Waals surface area contributed by atoms with Gasteiger partial charge in [0.1, 0.15) is 0 Å². The SMILES string of the molecule is CC(Cc1ccc(Br)cc1)C(C)(C)O. The van der Waals surface area contributed by atoms with E-state index in [9.17, 15) is 5.11 Å². The van der Waals surface area contributed by atoms with Crippen LogP contribution in [0.15, 0.2) is 28.7 Å². The molecule has 0 aliphatic carbocycles. The Labute approximate surface area is 94.3 Å². The van der Waals surface area contributed by atoms with Crippen molar-refractivity contribution < 1.29 is 5.11 Å². The van der Waals surface area contributed by atoms with Gasteiger partial charge >= 0.3 is 0 Å². The lowest BCUT2D eigenvalue weighted by Crippen LogP contribution is -2.29. The van der Waals surface area contributed by atoms with E-state index >= 15 is 0 Å². The van der Waals surface area contributed by atoms with Crippen LogP contribution < -0.4 is 0 Å². The van der Waals surface area contributed by atoms with Crippen LogP contribution in [0.25, 0.3) is 0 Å². The molecule has 1 atom stereocenters. The Balaban J connectivity index is 2.65. The third-order valence-electron chi connectivity index (χ3n) is 2.66. The Hall–Kier alpha value is -0.340. The van der Waals surface area contributed by atoms with Gasteiger partial charge in [-0.1, -0.05) is 35.0 Å². The largest absolute Gasteiger partial charge is 0.390 e. The highest BCUT2D eigenvalue weighted by molar-refractivity contribution is 9.10. The molecule has 0 aromatic heterocycles. The number of benzene rings is 1. The molecule has 78 valence electrons. The van der Waals surface area contributed by atoms with Crippen LogP contribution in [0.2, 0.25) is 0 Å². The second-order valence-electron chi connectivity index (χ2n) is 4.39. The summed E-state index contributed by atoms with van der Waals surface area (Å²) in [5.41, 5.74) is 0.662. The second kappa shape index (κ2) is 4.45. The van der Waals surface area contributed by atoms with E-state index in [-0.39, 0.29) is 5.92 Å². The molecule has 14 heavy (non-hydrogen) atoms. The maximum atomic E-state index is 9.79. The van der Waals surface area contributed by atoms with Gasteiger partial charge in [-0.2, -0.15) is 0 Å². The lowest BCUT2D eigenvalue weighted by Gasteiger charge is -2.25. The Morgan fingerprint density at radius 3 is 2.21 bits per heavy atom. The molecule has 1 rings (SSSR count). The van der Waals surface area contributed by atoms with Gasteiger partial charge in [0.15, 0.2) is 0 Å². The highest BCUT2D eigenvalue weighted by Crippen LogP contribution is 2.21. The van der Waals surface area contributed by atoms with Crippen molar-refractivity contribution in [1.82, 2.24) is 0 Å². The highest BCUT2D eigenvalue weighted by atomic mass is 79.9. The highest BCUT2D eigenvalue weighted by Gasteiger charge is 2.22. The Morgan fingerprint density at radius 1 is 1.29 bits per heavy atom. The van der Waals surface area contributed by atoms with Crippen molar-refractivity contribution in [3.8, 4) is 0 Å². The monoisotopic (exact) mass is 256 g/mol. The molecule has 0 aliphatic rings. The molecule has 0 saturated carbocycles. The zero-order valence-electron chi connectivity index (χ0n) is 8.92. The summed E-state index contributed by atoms with van der Waals surface area (Å²) < 4.78 is 1.09. The second-order valence-corrected chi connectivity index (χ2v) is 5.30. The predicted octanol–water partition coefficient (Wildman–Crippen LogP) is 3.40. The quantitative estimate of drug-likeness (QED) is 0.879. The van der Waals surface area contributed by atoms with Crippen LogP contribution in [-0.4, -0.2) is 10.7 Å². The molecule has 1 aromatic carbocycles. The number of rotatable bonds is 3. The number of hydrogen-bond donors (Lipinski definition) is 1. The summed E-state index contributed by atoms with van der Waals surface area (Å²) in [5.74, 6) is 0.267. The molecule has 0 aliphatic heterocycles. The van der Waals surface area contributed by atoms with Crippen molar-refractivity contribution in [2.45, 2.75) is 32.8 Å². The molecule has 0 bridgehead atoms. The first kappa shape index (κ1) is 11.7. The van der Waals surface area contributed by atoms with Crippen LogP contribution >= 0.6 is 15.9 Å². The maximum absolute atomic E-state index is 9.79. The number of hydrogen-bond acceptors (Lipinski definition) is 1. The molecule has 1 aromatic rings. The van der Waals surface area contributed by atoms with Crippen LogP contribution in [0.3, 0.4) is 0 Å². The number of aliphatic hydroxyl groups is 1. The van der Waals surface area contributed by atoms with Gasteiger partial charge in [0.25, 0.3) is 0 Å². The third kappa shape index (κ3) is 3.43. The van der Waals surface area contributed by atoms with Crippen molar-refractivity contribution in [1.29, 1.82) is 0 Å². The Morgan fingerprint density at radius 2 is 1.79 bits per heavy atom. The normalized spacial score (nSPS) is 14.1. The summed E-state index contributed by atoms with van der Waals surface area (Å²) in [6.45, 7) is 5.79. The minimum absolute atomic E-state index is 0.267. The summed E-state index contributed by atoms with van der Waals surface area (Å²) >= 11 is 3.40. The van der Waals surface area contributed by atoms with Gasteiger partial charge in [-0.05, 0) is 43.9 Å². The molecule has 0 heterocycles. The van der Waals surface area contributed by atoms with Gasteiger partial charge in [-0.25, -0.2) is 0 Å². The molecule has 1 unspecified atom stereocenters. The Kier molecular flexibility index (Phi) is 3.73. The average Bonchev–Trinajstić information content (AvgIpc) is 2.07. The zero-order chi connectivity index (χ0) is 10.8. The van der Waals surface area contributed by atoms with Gasteiger partial charge in [0, 0.05) is 4.47 Å². The fourth-order valence-electron chi connectivity index (χ4n) is 1.22. The first-order chi connectivity index (χ1) is 6.39. The molecule has 0 saturated heterocycles. The van der Waals surface area contributed by atoms with Crippen molar-refractivity contribution in [2.75, 3.05) is 0 Å². The van der Waals surface area contributed by atoms with E-state index < -0.39 is 5.60 Å². The van der Waals surface area contributed by atoms with Crippen LogP contribution in [0, 0.1) is 5.92 Å². The fourth-order valence-corrected chi connectivity index (χ4v) is 1.49. The van der Waals surface area contributed by atoms with Crippen molar-refractivity contribution >= 4 is 15.9 Å². The van der Waals surface area contributed by atoms with Gasteiger partial charge in [0.2, 0.25) is 0 Å². The summed E-state index contributed by atoms with van der Waals surface area (Å²) in [5, 5.41) is 9.79. The number of halogens is 1. The molecular formula is C12H17BrO. The van der Waals surface area contributed by atoms with E-state index in [0.29, 0.717) is 0 Å². The van der Waals surface area contributed by atoms with Crippen molar-refractivity contribution in [2.24, 2.45) is 5.92 Å². The van der Waals surface area contributed by atoms with Gasteiger partial charge < -0.3 is 5.11 Å². The van der Waals surface area contributed by atoms with Gasteiger partial charge in [-0.3, -0.25) is 0 Å². The molecular weight excluding hydrogens is 240 g/mol. The molecule has 2 heteroatoms. The summed E-state index contributed by atoms with van der Waals surface area (Å²) in [7, 11) is 0. The fraction of sp³-hybridized carbons (Fsp3) is 0.500. The Bertz CT molecular complexity index is 284. The van der Waals surface area contributed by atoms with E-state index in [2.05, 4.69) is 35.0 Å². The van der Waals surface area contributed by atoms with Crippen molar-refractivity contribution in [3.63, 3.8) is 0 Å². The lowest BCUT2D eigenvalue weighted by molar-refractivity contribution is 0.0251. The third-order valence-corrected chi connectivity index (χ3v) is 3.19. The van der Waals surface area contributed by atoms with E-state index in [1.807, 2.05) is 26.0 Å². The topological polar surface area (TPSA) is 20.2 Å². The van der Waals surface area contributed by atoms with Crippen LogP contribution in [0.1, 0.15) is 26.3 Å². The molecule has 0 radical (unpaired) electrons. The van der Waals surface area contributed by atoms with Gasteiger partial charge in [-0.15, -0.1) is 0 Å².